The summed E-state index contributed by atoms with van der Waals surface area (Å²) in [4.78, 5) is 6.68. The third kappa shape index (κ3) is 4.36. The van der Waals surface area contributed by atoms with Gasteiger partial charge in [0, 0.05) is 31.2 Å². The molecule has 0 saturated carbocycles. The van der Waals surface area contributed by atoms with E-state index in [2.05, 4.69) is 48.0 Å². The lowest BCUT2D eigenvalue weighted by Crippen LogP contribution is -2.53. The second-order valence-electron chi connectivity index (χ2n) is 8.09. The van der Waals surface area contributed by atoms with Gasteiger partial charge in [-0.15, -0.1) is 22.6 Å². The number of phenols is 1. The summed E-state index contributed by atoms with van der Waals surface area (Å²) in [6.45, 7) is 7.03. The first-order chi connectivity index (χ1) is 15.1. The van der Waals surface area contributed by atoms with E-state index in [9.17, 15) is 5.11 Å². The van der Waals surface area contributed by atoms with Crippen molar-refractivity contribution < 1.29 is 5.11 Å². The zero-order chi connectivity index (χ0) is 21.4. The molecule has 5 rings (SSSR count). The van der Waals surface area contributed by atoms with Gasteiger partial charge < -0.3 is 15.3 Å². The number of phenolic OH excluding ortho intramolecular Hbond substituents is 1. The van der Waals surface area contributed by atoms with Gasteiger partial charge in [0.25, 0.3) is 0 Å². The minimum atomic E-state index is 0. The summed E-state index contributed by atoms with van der Waals surface area (Å²) >= 11 is 1.19. The van der Waals surface area contributed by atoms with E-state index < -0.39 is 0 Å². The van der Waals surface area contributed by atoms with Gasteiger partial charge in [-0.2, -0.15) is 8.75 Å². The summed E-state index contributed by atoms with van der Waals surface area (Å²) < 4.78 is 8.52. The fourth-order valence-corrected chi connectivity index (χ4v) is 4.35. The molecule has 0 amide bonds. The second-order valence-corrected chi connectivity index (χ2v) is 8.62. The van der Waals surface area contributed by atoms with Crippen molar-refractivity contribution in [2.24, 2.45) is 5.92 Å². The average molecular weight is 470 g/mol. The van der Waals surface area contributed by atoms with E-state index in [-0.39, 0.29) is 18.2 Å². The van der Waals surface area contributed by atoms with Crippen LogP contribution in [0.2, 0.25) is 0 Å². The number of benzene rings is 2. The summed E-state index contributed by atoms with van der Waals surface area (Å²) in [5.41, 5.74) is 4.74. The van der Waals surface area contributed by atoms with Gasteiger partial charge in [0.2, 0.25) is 5.95 Å². The number of hydrogen-bond donors (Lipinski definition) is 2. The highest BCUT2D eigenvalue weighted by atomic mass is 35.5. The number of fused-ring (bicyclic) bond motifs is 1. The Kier molecular flexibility index (Phi) is 6.50. The fraction of sp³-hybridized carbons (Fsp3) is 0.318. The Bertz CT molecular complexity index is 1210. The zero-order valence-electron chi connectivity index (χ0n) is 17.8. The van der Waals surface area contributed by atoms with E-state index >= 15 is 0 Å². The number of hydrogen-bond acceptors (Lipinski definition) is 9. The Morgan fingerprint density at radius 2 is 1.84 bits per heavy atom. The number of anilines is 1. The molecular formula is C22H24ClN7OS. The van der Waals surface area contributed by atoms with Crippen LogP contribution in [-0.2, 0) is 0 Å². The molecule has 32 heavy (non-hydrogen) atoms. The van der Waals surface area contributed by atoms with Crippen LogP contribution in [0.3, 0.4) is 0 Å². The number of nitrogens with zero attached hydrogens (tertiary/aromatic N) is 6. The maximum atomic E-state index is 10.7. The molecule has 1 fully saturated rings. The van der Waals surface area contributed by atoms with Crippen molar-refractivity contribution in [3.05, 3.63) is 42.6 Å². The highest BCUT2D eigenvalue weighted by Gasteiger charge is 2.23. The van der Waals surface area contributed by atoms with Crippen LogP contribution in [0.25, 0.3) is 33.4 Å². The lowest BCUT2D eigenvalue weighted by molar-refractivity contribution is 0.365. The number of aromatic hydroxyl groups is 1. The topological polar surface area (TPSA) is 100.0 Å². The Balaban J connectivity index is 0.00000245. The SMILES string of the molecule is CC(C)[C@H]1CN(c2ncc(-c3ccc(-c4ccc5nsnc5c4)cc3O)nn2)CCN1.Cl. The van der Waals surface area contributed by atoms with Crippen molar-refractivity contribution in [1.82, 2.24) is 29.2 Å². The molecule has 1 aliphatic heterocycles. The summed E-state index contributed by atoms with van der Waals surface area (Å²) in [7, 11) is 0. The quantitative estimate of drug-likeness (QED) is 0.466. The van der Waals surface area contributed by atoms with Crippen LogP contribution < -0.4 is 10.2 Å². The first kappa shape index (κ1) is 22.3. The average Bonchev–Trinajstić information content (AvgIpc) is 3.27. The Hall–Kier alpha value is -2.88. The van der Waals surface area contributed by atoms with E-state index in [1.165, 1.54) is 11.7 Å². The lowest BCUT2D eigenvalue weighted by atomic mass is 10.0. The maximum absolute atomic E-state index is 10.7. The van der Waals surface area contributed by atoms with Gasteiger partial charge in [0.05, 0.1) is 17.9 Å². The molecule has 1 atom stereocenters. The molecule has 0 radical (unpaired) electrons. The van der Waals surface area contributed by atoms with Crippen molar-refractivity contribution >= 4 is 41.1 Å². The summed E-state index contributed by atoms with van der Waals surface area (Å²) in [6, 6.07) is 11.8. The molecule has 2 aromatic carbocycles. The number of aromatic nitrogens is 5. The predicted molar refractivity (Wildman–Crippen MR) is 129 cm³/mol. The monoisotopic (exact) mass is 469 g/mol. The van der Waals surface area contributed by atoms with E-state index in [1.807, 2.05) is 30.3 Å². The molecule has 1 aliphatic rings. The van der Waals surface area contributed by atoms with Crippen LogP contribution in [-0.4, -0.2) is 54.7 Å². The van der Waals surface area contributed by atoms with Crippen molar-refractivity contribution in [3.63, 3.8) is 0 Å². The van der Waals surface area contributed by atoms with Crippen LogP contribution in [0.5, 0.6) is 5.75 Å². The van der Waals surface area contributed by atoms with Crippen LogP contribution in [0.1, 0.15) is 13.8 Å². The minimum absolute atomic E-state index is 0. The van der Waals surface area contributed by atoms with E-state index in [0.29, 0.717) is 29.2 Å². The van der Waals surface area contributed by atoms with Crippen molar-refractivity contribution in [2.75, 3.05) is 24.5 Å². The van der Waals surface area contributed by atoms with Crippen LogP contribution in [0, 0.1) is 5.92 Å². The fourth-order valence-electron chi connectivity index (χ4n) is 3.83. The Morgan fingerprint density at radius 1 is 1.06 bits per heavy atom. The molecule has 8 nitrogen and oxygen atoms in total. The maximum Gasteiger partial charge on any atom is 0.245 e. The third-order valence-corrected chi connectivity index (χ3v) is 6.26. The van der Waals surface area contributed by atoms with Gasteiger partial charge in [-0.1, -0.05) is 26.0 Å². The van der Waals surface area contributed by atoms with Gasteiger partial charge >= 0.3 is 0 Å². The first-order valence-corrected chi connectivity index (χ1v) is 11.1. The Morgan fingerprint density at radius 3 is 2.59 bits per heavy atom. The molecule has 3 heterocycles. The standard InChI is InChI=1S/C22H23N7OS.ClH/c1-13(2)20-12-29(8-7-23-20)22-24-11-19(25-26-22)16-5-3-15(10-21(16)30)14-4-6-17-18(9-14)28-31-27-17;/h3-6,9-11,13,20,23,30H,7-8,12H2,1-2H3;1H/t20-;/m1./s1. The highest BCUT2D eigenvalue weighted by Crippen LogP contribution is 2.33. The third-order valence-electron chi connectivity index (χ3n) is 5.70. The molecule has 0 aliphatic carbocycles. The summed E-state index contributed by atoms with van der Waals surface area (Å²) in [6.07, 6.45) is 1.68. The molecule has 0 unspecified atom stereocenters. The summed E-state index contributed by atoms with van der Waals surface area (Å²) in [5, 5.41) is 22.9. The van der Waals surface area contributed by atoms with Gasteiger partial charge in [0.1, 0.15) is 22.5 Å². The van der Waals surface area contributed by atoms with Crippen molar-refractivity contribution in [1.29, 1.82) is 0 Å². The second kappa shape index (κ2) is 9.32. The summed E-state index contributed by atoms with van der Waals surface area (Å²) in [5.74, 6) is 1.30. The van der Waals surface area contributed by atoms with Gasteiger partial charge in [-0.05, 0) is 41.3 Å². The first-order valence-electron chi connectivity index (χ1n) is 10.3. The molecule has 166 valence electrons. The van der Waals surface area contributed by atoms with Gasteiger partial charge in [0.15, 0.2) is 0 Å². The van der Waals surface area contributed by atoms with Crippen molar-refractivity contribution in [3.8, 4) is 28.1 Å². The zero-order valence-corrected chi connectivity index (χ0v) is 19.4. The van der Waals surface area contributed by atoms with Crippen LogP contribution in [0.4, 0.5) is 5.95 Å². The van der Waals surface area contributed by atoms with Crippen molar-refractivity contribution in [2.45, 2.75) is 19.9 Å². The molecule has 2 N–H and O–H groups in total. The molecule has 10 heteroatoms. The number of nitrogens with one attached hydrogen (secondary N) is 1. The molecule has 0 bridgehead atoms. The van der Waals surface area contributed by atoms with E-state index in [4.69, 9.17) is 0 Å². The van der Waals surface area contributed by atoms with E-state index in [0.717, 1.165) is 41.8 Å². The number of piperazine rings is 1. The number of rotatable bonds is 4. The molecular weight excluding hydrogens is 446 g/mol. The molecule has 2 aromatic heterocycles. The van der Waals surface area contributed by atoms with Crippen LogP contribution >= 0.6 is 24.1 Å². The highest BCUT2D eigenvalue weighted by molar-refractivity contribution is 7.00. The lowest BCUT2D eigenvalue weighted by Gasteiger charge is -2.35. The normalized spacial score (nSPS) is 16.3. The van der Waals surface area contributed by atoms with Crippen LogP contribution in [0.15, 0.2) is 42.6 Å². The Labute approximate surface area is 196 Å². The largest absolute Gasteiger partial charge is 0.507 e. The predicted octanol–water partition coefficient (Wildman–Crippen LogP) is 3.77. The molecule has 4 aromatic rings. The van der Waals surface area contributed by atoms with Gasteiger partial charge in [-0.3, -0.25) is 0 Å². The molecule has 0 spiro atoms. The smallest absolute Gasteiger partial charge is 0.245 e. The number of halogens is 1. The molecule has 1 saturated heterocycles. The minimum Gasteiger partial charge on any atom is -0.507 e. The van der Waals surface area contributed by atoms with Gasteiger partial charge in [-0.25, -0.2) is 4.98 Å². The van der Waals surface area contributed by atoms with E-state index in [1.54, 1.807) is 12.3 Å².